The summed E-state index contributed by atoms with van der Waals surface area (Å²) in [7, 11) is 0. The number of carbonyl (C=O) groups is 1. The summed E-state index contributed by atoms with van der Waals surface area (Å²) < 4.78 is 11.2. The first-order valence-corrected chi connectivity index (χ1v) is 7.17. The molecule has 0 saturated carbocycles. The molecule has 1 aliphatic rings. The molecule has 1 fully saturated rings. The smallest absolute Gasteiger partial charge is 0.412 e. The van der Waals surface area contributed by atoms with Gasteiger partial charge < -0.3 is 14.8 Å². The predicted octanol–water partition coefficient (Wildman–Crippen LogP) is 3.08. The van der Waals surface area contributed by atoms with Gasteiger partial charge in [-0.25, -0.2) is 4.79 Å². The third kappa shape index (κ3) is 4.36. The van der Waals surface area contributed by atoms with Gasteiger partial charge in [-0.2, -0.15) is 0 Å². The molecule has 0 atom stereocenters. The maximum absolute atomic E-state index is 11.9. The summed E-state index contributed by atoms with van der Waals surface area (Å²) in [4.78, 5) is 11.9. The molecule has 1 aliphatic heterocycles. The maximum atomic E-state index is 11.9. The molecule has 1 heterocycles. The number of nitrogens with one attached hydrogen (secondary N) is 2. The quantitative estimate of drug-likeness (QED) is 0.899. The highest BCUT2D eigenvalue weighted by Crippen LogP contribution is 2.27. The van der Waals surface area contributed by atoms with Gasteiger partial charge in [0, 0.05) is 19.2 Å². The number of hydrogen-bond acceptors (Lipinski definition) is 4. The fourth-order valence-electron chi connectivity index (χ4n) is 2.05. The van der Waals surface area contributed by atoms with Crippen LogP contribution in [0.25, 0.3) is 0 Å². The summed E-state index contributed by atoms with van der Waals surface area (Å²) in [5.41, 5.74) is 0.984. The summed E-state index contributed by atoms with van der Waals surface area (Å²) in [6.45, 7) is 11.2. The highest BCUT2D eigenvalue weighted by atomic mass is 16.6. The molecule has 1 saturated heterocycles. The van der Waals surface area contributed by atoms with E-state index in [2.05, 4.69) is 17.6 Å². The van der Waals surface area contributed by atoms with Crippen LogP contribution in [-0.4, -0.2) is 30.4 Å². The first-order chi connectivity index (χ1) is 9.67. The molecule has 0 aromatic heterocycles. The second-order valence-corrected chi connectivity index (χ2v) is 6.76. The summed E-state index contributed by atoms with van der Waals surface area (Å²) in [5.74, 6) is 0.746. The Labute approximate surface area is 126 Å². The fourth-order valence-corrected chi connectivity index (χ4v) is 2.05. The van der Waals surface area contributed by atoms with Crippen LogP contribution in [0.1, 0.15) is 33.3 Å². The number of carbonyl (C=O) groups excluding carboxylic acids is 1. The Morgan fingerprint density at radius 3 is 2.52 bits per heavy atom. The second kappa shape index (κ2) is 5.56. The molecular formula is C16H24N2O3. The third-order valence-electron chi connectivity index (χ3n) is 3.21. The Balaban J connectivity index is 2.06. The van der Waals surface area contributed by atoms with E-state index in [1.165, 1.54) is 0 Å². The van der Waals surface area contributed by atoms with Gasteiger partial charge in [-0.1, -0.05) is 6.07 Å². The predicted molar refractivity (Wildman–Crippen MR) is 82.9 cm³/mol. The monoisotopic (exact) mass is 292 g/mol. The van der Waals surface area contributed by atoms with Gasteiger partial charge in [0.15, 0.2) is 0 Å². The van der Waals surface area contributed by atoms with E-state index in [0.29, 0.717) is 5.69 Å². The number of hydrogen-bond donors (Lipinski definition) is 2. The first kappa shape index (κ1) is 15.6. The average molecular weight is 292 g/mol. The number of benzene rings is 1. The number of anilines is 1. The van der Waals surface area contributed by atoms with Gasteiger partial charge in [0.05, 0.1) is 5.69 Å². The summed E-state index contributed by atoms with van der Waals surface area (Å²) >= 11 is 0. The molecule has 2 rings (SSSR count). The molecule has 1 aromatic carbocycles. The number of aryl methyl sites for hydroxylation is 1. The molecule has 0 unspecified atom stereocenters. The number of ether oxygens (including phenoxy) is 2. The van der Waals surface area contributed by atoms with E-state index >= 15 is 0 Å². The van der Waals surface area contributed by atoms with Crippen molar-refractivity contribution in [3.05, 3.63) is 23.8 Å². The van der Waals surface area contributed by atoms with Gasteiger partial charge in [-0.05, 0) is 46.2 Å². The number of rotatable bonds is 3. The van der Waals surface area contributed by atoms with Crippen LogP contribution in [0.5, 0.6) is 5.75 Å². The van der Waals surface area contributed by atoms with E-state index in [1.807, 2.05) is 45.9 Å². The van der Waals surface area contributed by atoms with Crippen molar-refractivity contribution in [1.29, 1.82) is 0 Å². The van der Waals surface area contributed by atoms with Crippen LogP contribution in [0.2, 0.25) is 0 Å². The molecule has 1 amide bonds. The Kier molecular flexibility index (Phi) is 4.14. The molecular weight excluding hydrogens is 268 g/mol. The van der Waals surface area contributed by atoms with E-state index in [4.69, 9.17) is 9.47 Å². The summed E-state index contributed by atoms with van der Waals surface area (Å²) in [6.07, 6.45) is -0.459. The van der Waals surface area contributed by atoms with Crippen LogP contribution < -0.4 is 15.4 Å². The third-order valence-corrected chi connectivity index (χ3v) is 3.21. The lowest BCUT2D eigenvalue weighted by molar-refractivity contribution is 0.0349. The van der Waals surface area contributed by atoms with Gasteiger partial charge in [0.25, 0.3) is 0 Å². The van der Waals surface area contributed by atoms with E-state index < -0.39 is 11.7 Å². The SMILES string of the molecule is Cc1ccc(OC2(C)CNC2)cc1NC(=O)OC(C)(C)C. The lowest BCUT2D eigenvalue weighted by Gasteiger charge is -2.39. The van der Waals surface area contributed by atoms with Crippen molar-refractivity contribution in [2.45, 2.75) is 45.8 Å². The van der Waals surface area contributed by atoms with E-state index in [1.54, 1.807) is 0 Å². The molecule has 2 N–H and O–H groups in total. The summed E-state index contributed by atoms with van der Waals surface area (Å²) in [6, 6.07) is 5.68. The van der Waals surface area contributed by atoms with Crippen LogP contribution in [0.3, 0.4) is 0 Å². The minimum atomic E-state index is -0.517. The van der Waals surface area contributed by atoms with E-state index in [0.717, 1.165) is 24.4 Å². The van der Waals surface area contributed by atoms with Gasteiger partial charge >= 0.3 is 6.09 Å². The Morgan fingerprint density at radius 1 is 1.33 bits per heavy atom. The van der Waals surface area contributed by atoms with Crippen LogP contribution in [0.4, 0.5) is 10.5 Å². The number of amides is 1. The highest BCUT2D eigenvalue weighted by molar-refractivity contribution is 5.86. The molecule has 5 heteroatoms. The largest absolute Gasteiger partial charge is 0.485 e. The Hall–Kier alpha value is -1.75. The molecule has 116 valence electrons. The van der Waals surface area contributed by atoms with Crippen molar-refractivity contribution in [2.75, 3.05) is 18.4 Å². The van der Waals surface area contributed by atoms with Crippen LogP contribution in [0, 0.1) is 6.92 Å². The zero-order valence-corrected chi connectivity index (χ0v) is 13.4. The second-order valence-electron chi connectivity index (χ2n) is 6.76. The molecule has 21 heavy (non-hydrogen) atoms. The maximum Gasteiger partial charge on any atom is 0.412 e. The summed E-state index contributed by atoms with van der Waals surface area (Å²) in [5, 5.41) is 5.96. The fraction of sp³-hybridized carbons (Fsp3) is 0.562. The average Bonchev–Trinajstić information content (AvgIpc) is 2.29. The van der Waals surface area contributed by atoms with Crippen LogP contribution in [-0.2, 0) is 4.74 Å². The minimum absolute atomic E-state index is 0.168. The zero-order valence-electron chi connectivity index (χ0n) is 13.4. The topological polar surface area (TPSA) is 59.6 Å². The van der Waals surface area contributed by atoms with Gasteiger partial charge in [0.1, 0.15) is 17.0 Å². The molecule has 1 aromatic rings. The van der Waals surface area contributed by atoms with Crippen LogP contribution >= 0.6 is 0 Å². The molecule has 0 aliphatic carbocycles. The Bertz CT molecular complexity index is 531. The normalized spacial score (nSPS) is 16.8. The zero-order chi connectivity index (χ0) is 15.7. The van der Waals surface area contributed by atoms with Gasteiger partial charge in [-0.3, -0.25) is 5.32 Å². The lowest BCUT2D eigenvalue weighted by Crippen LogP contribution is -2.61. The van der Waals surface area contributed by atoms with E-state index in [9.17, 15) is 4.79 Å². The first-order valence-electron chi connectivity index (χ1n) is 7.17. The van der Waals surface area contributed by atoms with Crippen LogP contribution in [0.15, 0.2) is 18.2 Å². The van der Waals surface area contributed by atoms with Crippen molar-refractivity contribution in [1.82, 2.24) is 5.32 Å². The minimum Gasteiger partial charge on any atom is -0.485 e. The van der Waals surface area contributed by atoms with Crippen molar-refractivity contribution < 1.29 is 14.3 Å². The van der Waals surface area contributed by atoms with Crippen molar-refractivity contribution >= 4 is 11.8 Å². The van der Waals surface area contributed by atoms with Gasteiger partial charge in [-0.15, -0.1) is 0 Å². The molecule has 0 bridgehead atoms. The molecule has 0 radical (unpaired) electrons. The van der Waals surface area contributed by atoms with Crippen molar-refractivity contribution in [3.63, 3.8) is 0 Å². The highest BCUT2D eigenvalue weighted by Gasteiger charge is 2.33. The van der Waals surface area contributed by atoms with Crippen molar-refractivity contribution in [2.24, 2.45) is 0 Å². The van der Waals surface area contributed by atoms with E-state index in [-0.39, 0.29) is 5.60 Å². The van der Waals surface area contributed by atoms with Gasteiger partial charge in [0.2, 0.25) is 0 Å². The molecule has 0 spiro atoms. The lowest BCUT2D eigenvalue weighted by atomic mass is 10.00. The Morgan fingerprint density at radius 2 is 2.00 bits per heavy atom. The van der Waals surface area contributed by atoms with Crippen molar-refractivity contribution in [3.8, 4) is 5.75 Å². The molecule has 5 nitrogen and oxygen atoms in total. The standard InChI is InChI=1S/C16H24N2O3/c1-11-6-7-12(20-16(5)9-17-10-16)8-13(11)18-14(19)21-15(2,3)4/h6-8,17H,9-10H2,1-5H3,(H,18,19).